The summed E-state index contributed by atoms with van der Waals surface area (Å²) >= 11 is 10.4. The van der Waals surface area contributed by atoms with E-state index in [-0.39, 0.29) is 10.0 Å². The first-order valence-electron chi connectivity index (χ1n) is 8.55. The highest BCUT2D eigenvalue weighted by molar-refractivity contribution is 9.10. The minimum absolute atomic E-state index is 0.0916. The van der Waals surface area contributed by atoms with E-state index in [2.05, 4.69) is 30.8 Å². The van der Waals surface area contributed by atoms with Gasteiger partial charge in [0.2, 0.25) is 5.13 Å². The lowest BCUT2D eigenvalue weighted by Gasteiger charge is -2.08. The first-order valence-corrected chi connectivity index (χ1v) is 12.0. The van der Waals surface area contributed by atoms with Crippen LogP contribution in [-0.4, -0.2) is 18.6 Å². The largest absolute Gasteiger partial charge is 0.457 e. The first-order chi connectivity index (χ1) is 14.4. The van der Waals surface area contributed by atoms with Gasteiger partial charge in [0.25, 0.3) is 10.0 Å². The van der Waals surface area contributed by atoms with Crippen LogP contribution in [0.15, 0.2) is 82.2 Å². The van der Waals surface area contributed by atoms with Crippen LogP contribution >= 0.6 is 38.9 Å². The number of hydrogen-bond acceptors (Lipinski definition) is 6. The molecule has 0 radical (unpaired) electrons. The number of nitrogens with zero attached hydrogens (tertiary/aromatic N) is 2. The number of sulfonamides is 1. The van der Waals surface area contributed by atoms with Gasteiger partial charge in [0, 0.05) is 15.1 Å². The summed E-state index contributed by atoms with van der Waals surface area (Å²) in [5, 5.41) is 9.33. The Hall–Kier alpha value is -2.46. The smallest absolute Gasteiger partial charge is 0.263 e. The van der Waals surface area contributed by atoms with Crippen molar-refractivity contribution in [3.8, 4) is 22.1 Å². The Bertz CT molecular complexity index is 1260. The molecule has 0 spiro atoms. The van der Waals surface area contributed by atoms with Crippen molar-refractivity contribution in [2.75, 3.05) is 4.72 Å². The van der Waals surface area contributed by atoms with Gasteiger partial charge in [0.15, 0.2) is 0 Å². The lowest BCUT2D eigenvalue weighted by atomic mass is 10.2. The molecule has 1 aromatic heterocycles. The van der Waals surface area contributed by atoms with Gasteiger partial charge in [0.1, 0.15) is 16.5 Å². The van der Waals surface area contributed by atoms with Crippen LogP contribution in [0.3, 0.4) is 0 Å². The molecule has 0 aliphatic carbocycles. The lowest BCUT2D eigenvalue weighted by molar-refractivity contribution is 0.482. The zero-order valence-electron chi connectivity index (χ0n) is 15.1. The second kappa shape index (κ2) is 8.73. The summed E-state index contributed by atoms with van der Waals surface area (Å²) in [5.41, 5.74) is 0.803. The van der Waals surface area contributed by atoms with Gasteiger partial charge in [0.05, 0.1) is 4.90 Å². The van der Waals surface area contributed by atoms with Crippen molar-refractivity contribution in [2.24, 2.45) is 0 Å². The van der Waals surface area contributed by atoms with Crippen molar-refractivity contribution in [1.82, 2.24) is 10.2 Å². The lowest BCUT2D eigenvalue weighted by Crippen LogP contribution is -2.12. The summed E-state index contributed by atoms with van der Waals surface area (Å²) in [7, 11) is -3.81. The maximum absolute atomic E-state index is 12.7. The topological polar surface area (TPSA) is 81.2 Å². The Morgan fingerprint density at radius 3 is 2.10 bits per heavy atom. The maximum atomic E-state index is 12.7. The second-order valence-electron chi connectivity index (χ2n) is 6.05. The molecule has 4 aromatic rings. The average Bonchev–Trinajstić information content (AvgIpc) is 3.18. The van der Waals surface area contributed by atoms with E-state index in [4.69, 9.17) is 16.3 Å². The van der Waals surface area contributed by atoms with Crippen molar-refractivity contribution in [1.29, 1.82) is 0 Å². The van der Waals surface area contributed by atoms with Gasteiger partial charge >= 0.3 is 0 Å². The van der Waals surface area contributed by atoms with Crippen LogP contribution in [0.4, 0.5) is 5.13 Å². The van der Waals surface area contributed by atoms with E-state index in [1.165, 1.54) is 12.1 Å². The molecule has 4 rings (SSSR count). The molecule has 10 heteroatoms. The second-order valence-corrected chi connectivity index (χ2v) is 10.1. The molecule has 0 atom stereocenters. The molecular weight excluding hydrogens is 510 g/mol. The van der Waals surface area contributed by atoms with Crippen LogP contribution in [-0.2, 0) is 10.0 Å². The van der Waals surface area contributed by atoms with Gasteiger partial charge in [-0.3, -0.25) is 4.72 Å². The molecule has 0 saturated heterocycles. The van der Waals surface area contributed by atoms with Crippen LogP contribution in [0, 0.1) is 0 Å². The average molecular weight is 523 g/mol. The molecule has 0 aliphatic heterocycles. The number of hydrogen-bond donors (Lipinski definition) is 1. The van der Waals surface area contributed by atoms with Gasteiger partial charge in [-0.1, -0.05) is 51.0 Å². The van der Waals surface area contributed by atoms with E-state index in [1.807, 2.05) is 24.3 Å². The normalized spacial score (nSPS) is 11.3. The molecule has 152 valence electrons. The predicted octanol–water partition coefficient (Wildman–Crippen LogP) is 6.21. The molecule has 0 bridgehead atoms. The molecule has 1 N–H and O–H groups in total. The standard InChI is InChI=1S/C20H13BrClN3O3S2/c21-14-3-7-16(8-4-14)28-17-9-11-18(12-10-17)30(26,27)25-20-24-23-19(29-20)13-1-5-15(22)6-2-13/h1-12H,(H,24,25). The van der Waals surface area contributed by atoms with Gasteiger partial charge in [-0.25, -0.2) is 8.42 Å². The summed E-state index contributed by atoms with van der Waals surface area (Å²) in [5.74, 6) is 1.17. The number of nitrogens with one attached hydrogen (secondary N) is 1. The monoisotopic (exact) mass is 521 g/mol. The van der Waals surface area contributed by atoms with Gasteiger partial charge < -0.3 is 4.74 Å². The Morgan fingerprint density at radius 1 is 0.867 bits per heavy atom. The summed E-state index contributed by atoms with van der Waals surface area (Å²) in [4.78, 5) is 0.0916. The highest BCUT2D eigenvalue weighted by atomic mass is 79.9. The van der Waals surface area contributed by atoms with E-state index in [9.17, 15) is 8.42 Å². The van der Waals surface area contributed by atoms with Crippen LogP contribution < -0.4 is 9.46 Å². The Morgan fingerprint density at radius 2 is 1.47 bits per heavy atom. The third kappa shape index (κ3) is 4.99. The van der Waals surface area contributed by atoms with Gasteiger partial charge in [-0.05, 0) is 60.7 Å². The fraction of sp³-hybridized carbons (Fsp3) is 0. The number of halogens is 2. The minimum atomic E-state index is -3.81. The van der Waals surface area contributed by atoms with Crippen molar-refractivity contribution in [2.45, 2.75) is 4.90 Å². The van der Waals surface area contributed by atoms with Crippen molar-refractivity contribution in [3.63, 3.8) is 0 Å². The summed E-state index contributed by atoms with van der Waals surface area (Å²) in [6, 6.07) is 20.5. The zero-order chi connectivity index (χ0) is 21.1. The van der Waals surface area contributed by atoms with Crippen molar-refractivity contribution < 1.29 is 13.2 Å². The molecule has 0 saturated carbocycles. The number of rotatable bonds is 6. The van der Waals surface area contributed by atoms with Gasteiger partial charge in [-0.15, -0.1) is 10.2 Å². The van der Waals surface area contributed by atoms with Crippen LogP contribution in [0.25, 0.3) is 10.6 Å². The highest BCUT2D eigenvalue weighted by Gasteiger charge is 2.17. The third-order valence-corrected chi connectivity index (χ3v) is 7.07. The van der Waals surface area contributed by atoms with E-state index >= 15 is 0 Å². The third-order valence-electron chi connectivity index (χ3n) is 3.92. The summed E-state index contributed by atoms with van der Waals surface area (Å²) in [6.45, 7) is 0. The number of anilines is 1. The Labute approximate surface area is 190 Å². The van der Waals surface area contributed by atoms with Crippen LogP contribution in [0.5, 0.6) is 11.5 Å². The maximum Gasteiger partial charge on any atom is 0.263 e. The van der Waals surface area contributed by atoms with Gasteiger partial charge in [-0.2, -0.15) is 0 Å². The fourth-order valence-corrected chi connectivity index (χ4v) is 4.84. The fourth-order valence-electron chi connectivity index (χ4n) is 2.47. The van der Waals surface area contributed by atoms with E-state index in [0.717, 1.165) is 21.4 Å². The molecular formula is C20H13BrClN3O3S2. The zero-order valence-corrected chi connectivity index (χ0v) is 19.1. The van der Waals surface area contributed by atoms with Crippen molar-refractivity contribution >= 4 is 54.0 Å². The first kappa shape index (κ1) is 20.8. The quantitative estimate of drug-likeness (QED) is 0.325. The molecule has 0 fully saturated rings. The highest BCUT2D eigenvalue weighted by Crippen LogP contribution is 2.29. The number of benzene rings is 3. The Balaban J connectivity index is 1.47. The van der Waals surface area contributed by atoms with Crippen LogP contribution in [0.1, 0.15) is 0 Å². The SMILES string of the molecule is O=S(=O)(Nc1nnc(-c2ccc(Cl)cc2)s1)c1ccc(Oc2ccc(Br)cc2)cc1. The number of aromatic nitrogens is 2. The van der Waals surface area contributed by atoms with E-state index in [0.29, 0.717) is 21.5 Å². The van der Waals surface area contributed by atoms with Crippen LogP contribution in [0.2, 0.25) is 5.02 Å². The minimum Gasteiger partial charge on any atom is -0.457 e. The predicted molar refractivity (Wildman–Crippen MR) is 122 cm³/mol. The van der Waals surface area contributed by atoms with E-state index < -0.39 is 10.0 Å². The summed E-state index contributed by atoms with van der Waals surface area (Å²) < 4.78 is 34.4. The van der Waals surface area contributed by atoms with Crippen molar-refractivity contribution in [3.05, 3.63) is 82.3 Å². The van der Waals surface area contributed by atoms with E-state index in [1.54, 1.807) is 36.4 Å². The molecule has 30 heavy (non-hydrogen) atoms. The molecule has 1 heterocycles. The molecule has 0 aliphatic rings. The molecule has 6 nitrogen and oxygen atoms in total. The molecule has 0 unspecified atom stereocenters. The molecule has 3 aromatic carbocycles. The molecule has 0 amide bonds. The number of ether oxygens (including phenoxy) is 1. The summed E-state index contributed by atoms with van der Waals surface area (Å²) in [6.07, 6.45) is 0. The Kier molecular flexibility index (Phi) is 6.05.